The summed E-state index contributed by atoms with van der Waals surface area (Å²) in [6.45, 7) is 2.22. The summed E-state index contributed by atoms with van der Waals surface area (Å²) in [5.74, 6) is 0.543. The van der Waals surface area contributed by atoms with Crippen molar-refractivity contribution in [2.45, 2.75) is 32.6 Å². The molecule has 4 heteroatoms. The summed E-state index contributed by atoms with van der Waals surface area (Å²) >= 11 is 0. The van der Waals surface area contributed by atoms with Crippen molar-refractivity contribution in [1.29, 1.82) is 0 Å². The first-order chi connectivity index (χ1) is 6.04. The molecule has 0 bridgehead atoms. The SMILES string of the molecule is CCS(=O)(=O)CC1(CN)CCCC1. The highest BCUT2D eigenvalue weighted by Gasteiger charge is 2.36. The first-order valence-corrected chi connectivity index (χ1v) is 6.76. The minimum absolute atomic E-state index is 0.0884. The third-order valence-electron chi connectivity index (χ3n) is 3.06. The molecular weight excluding hydrogens is 186 g/mol. The highest BCUT2D eigenvalue weighted by molar-refractivity contribution is 7.91. The van der Waals surface area contributed by atoms with E-state index in [1.165, 1.54) is 0 Å². The van der Waals surface area contributed by atoms with Gasteiger partial charge in [-0.05, 0) is 24.8 Å². The summed E-state index contributed by atoms with van der Waals surface area (Å²) in [6, 6.07) is 0. The van der Waals surface area contributed by atoms with Gasteiger partial charge in [0, 0.05) is 5.75 Å². The van der Waals surface area contributed by atoms with E-state index >= 15 is 0 Å². The zero-order chi connectivity index (χ0) is 9.95. The van der Waals surface area contributed by atoms with Crippen LogP contribution in [0.15, 0.2) is 0 Å². The summed E-state index contributed by atoms with van der Waals surface area (Å²) in [4.78, 5) is 0. The van der Waals surface area contributed by atoms with Gasteiger partial charge in [0.2, 0.25) is 0 Å². The normalized spacial score (nSPS) is 22.0. The first kappa shape index (κ1) is 11.0. The van der Waals surface area contributed by atoms with Crippen LogP contribution in [-0.2, 0) is 9.84 Å². The maximum atomic E-state index is 11.5. The topological polar surface area (TPSA) is 60.2 Å². The van der Waals surface area contributed by atoms with Gasteiger partial charge in [0.25, 0.3) is 0 Å². The van der Waals surface area contributed by atoms with Gasteiger partial charge in [-0.25, -0.2) is 8.42 Å². The van der Waals surface area contributed by atoms with Crippen molar-refractivity contribution in [3.8, 4) is 0 Å². The van der Waals surface area contributed by atoms with Crippen LogP contribution in [0, 0.1) is 5.41 Å². The van der Waals surface area contributed by atoms with Crippen molar-refractivity contribution in [3.05, 3.63) is 0 Å². The molecule has 2 N–H and O–H groups in total. The summed E-state index contributed by atoms with van der Waals surface area (Å²) in [7, 11) is -2.85. The molecule has 1 aliphatic carbocycles. The van der Waals surface area contributed by atoms with Crippen molar-refractivity contribution < 1.29 is 8.42 Å². The Kier molecular flexibility index (Phi) is 3.35. The van der Waals surface area contributed by atoms with Gasteiger partial charge in [-0.1, -0.05) is 19.8 Å². The number of sulfone groups is 1. The molecule has 0 aromatic heterocycles. The Hall–Kier alpha value is -0.0900. The van der Waals surface area contributed by atoms with E-state index in [0.29, 0.717) is 12.3 Å². The van der Waals surface area contributed by atoms with E-state index in [1.54, 1.807) is 6.92 Å². The minimum Gasteiger partial charge on any atom is -0.330 e. The third kappa shape index (κ3) is 2.68. The maximum Gasteiger partial charge on any atom is 0.150 e. The first-order valence-electron chi connectivity index (χ1n) is 4.94. The van der Waals surface area contributed by atoms with Crippen LogP contribution in [-0.4, -0.2) is 26.5 Å². The standard InChI is InChI=1S/C9H19NO2S/c1-2-13(11,12)8-9(7-10)5-3-4-6-9/h2-8,10H2,1H3. The van der Waals surface area contributed by atoms with E-state index in [2.05, 4.69) is 0 Å². The highest BCUT2D eigenvalue weighted by Crippen LogP contribution is 2.38. The lowest BCUT2D eigenvalue weighted by molar-refractivity contribution is 0.351. The molecule has 0 spiro atoms. The Morgan fingerprint density at radius 1 is 1.31 bits per heavy atom. The molecule has 1 fully saturated rings. The lowest BCUT2D eigenvalue weighted by Gasteiger charge is -2.26. The molecule has 0 unspecified atom stereocenters. The summed E-state index contributed by atoms with van der Waals surface area (Å²) in [5, 5.41) is 0. The Bertz CT molecular complexity index is 253. The second-order valence-electron chi connectivity index (χ2n) is 4.09. The molecule has 0 atom stereocenters. The number of nitrogens with two attached hydrogens (primary N) is 1. The number of rotatable bonds is 4. The smallest absolute Gasteiger partial charge is 0.150 e. The molecule has 13 heavy (non-hydrogen) atoms. The van der Waals surface area contributed by atoms with Crippen molar-refractivity contribution in [2.75, 3.05) is 18.1 Å². The molecule has 1 aliphatic rings. The molecule has 0 aliphatic heterocycles. The molecule has 78 valence electrons. The highest BCUT2D eigenvalue weighted by atomic mass is 32.2. The average molecular weight is 205 g/mol. The van der Waals surface area contributed by atoms with Crippen LogP contribution >= 0.6 is 0 Å². The van der Waals surface area contributed by atoms with Crippen molar-refractivity contribution in [1.82, 2.24) is 0 Å². The van der Waals surface area contributed by atoms with E-state index < -0.39 is 9.84 Å². The Balaban J connectivity index is 2.69. The summed E-state index contributed by atoms with van der Waals surface area (Å²) < 4.78 is 22.9. The minimum atomic E-state index is -2.85. The second-order valence-corrected chi connectivity index (χ2v) is 6.44. The van der Waals surface area contributed by atoms with Gasteiger partial charge >= 0.3 is 0 Å². The van der Waals surface area contributed by atoms with Crippen molar-refractivity contribution in [2.24, 2.45) is 11.1 Å². The summed E-state index contributed by atoms with van der Waals surface area (Å²) in [6.07, 6.45) is 4.25. The fourth-order valence-electron chi connectivity index (χ4n) is 2.10. The molecule has 3 nitrogen and oxygen atoms in total. The number of hydrogen-bond acceptors (Lipinski definition) is 3. The molecule has 1 saturated carbocycles. The van der Waals surface area contributed by atoms with Crippen molar-refractivity contribution in [3.63, 3.8) is 0 Å². The molecule has 0 radical (unpaired) electrons. The monoisotopic (exact) mass is 205 g/mol. The van der Waals surface area contributed by atoms with Crippen LogP contribution in [0.5, 0.6) is 0 Å². The molecule has 0 saturated heterocycles. The molecule has 0 amide bonds. The van der Waals surface area contributed by atoms with Crippen LogP contribution in [0.2, 0.25) is 0 Å². The van der Waals surface area contributed by atoms with E-state index in [4.69, 9.17) is 5.73 Å². The molecule has 0 heterocycles. The largest absolute Gasteiger partial charge is 0.330 e. The maximum absolute atomic E-state index is 11.5. The predicted octanol–water partition coefficient (Wildman–Crippen LogP) is 0.940. The van der Waals surface area contributed by atoms with Gasteiger partial charge in [0.05, 0.1) is 5.75 Å². The fourth-order valence-corrected chi connectivity index (χ4v) is 3.64. The zero-order valence-corrected chi connectivity index (χ0v) is 9.07. The molecule has 0 aromatic rings. The summed E-state index contributed by atoms with van der Waals surface area (Å²) in [5.41, 5.74) is 5.58. The van der Waals surface area contributed by atoms with Crippen LogP contribution in [0.25, 0.3) is 0 Å². The van der Waals surface area contributed by atoms with E-state index in [0.717, 1.165) is 25.7 Å². The van der Waals surface area contributed by atoms with Gasteiger partial charge in [0.1, 0.15) is 0 Å². The van der Waals surface area contributed by atoms with Gasteiger partial charge in [-0.3, -0.25) is 0 Å². The Morgan fingerprint density at radius 2 is 1.85 bits per heavy atom. The van der Waals surface area contributed by atoms with Gasteiger partial charge < -0.3 is 5.73 Å². The lowest BCUT2D eigenvalue weighted by Crippen LogP contribution is -2.35. The van der Waals surface area contributed by atoms with E-state index in [1.807, 2.05) is 0 Å². The van der Waals surface area contributed by atoms with Crippen LogP contribution < -0.4 is 5.73 Å². The van der Waals surface area contributed by atoms with Crippen molar-refractivity contribution >= 4 is 9.84 Å². The van der Waals surface area contributed by atoms with Gasteiger partial charge in [0.15, 0.2) is 9.84 Å². The molecule has 1 rings (SSSR count). The Morgan fingerprint density at radius 3 is 2.23 bits per heavy atom. The number of hydrogen-bond donors (Lipinski definition) is 1. The third-order valence-corrected chi connectivity index (χ3v) is 5.00. The Labute approximate surface area is 80.6 Å². The van der Waals surface area contributed by atoms with Crippen LogP contribution in [0.4, 0.5) is 0 Å². The average Bonchev–Trinajstić information content (AvgIpc) is 2.53. The zero-order valence-electron chi connectivity index (χ0n) is 8.25. The lowest BCUT2D eigenvalue weighted by atomic mass is 9.89. The van der Waals surface area contributed by atoms with E-state index in [-0.39, 0.29) is 11.2 Å². The van der Waals surface area contributed by atoms with Crippen LogP contribution in [0.1, 0.15) is 32.6 Å². The van der Waals surface area contributed by atoms with Gasteiger partial charge in [-0.2, -0.15) is 0 Å². The molecular formula is C9H19NO2S. The second kappa shape index (κ2) is 3.96. The predicted molar refractivity (Wildman–Crippen MR) is 54.3 cm³/mol. The van der Waals surface area contributed by atoms with E-state index in [9.17, 15) is 8.42 Å². The van der Waals surface area contributed by atoms with Crippen LogP contribution in [0.3, 0.4) is 0 Å². The molecule has 0 aromatic carbocycles. The fraction of sp³-hybridized carbons (Fsp3) is 1.00. The quantitative estimate of drug-likeness (QED) is 0.743. The van der Waals surface area contributed by atoms with Gasteiger partial charge in [-0.15, -0.1) is 0 Å².